The molecule has 0 amide bonds. The van der Waals surface area contributed by atoms with Gasteiger partial charge in [-0.3, -0.25) is 15.1 Å². The molecule has 2 rings (SSSR count). The second kappa shape index (κ2) is 8.05. The highest BCUT2D eigenvalue weighted by Crippen LogP contribution is 2.13. The van der Waals surface area contributed by atoms with E-state index in [1.807, 2.05) is 18.0 Å². The molecule has 2 aromatic carbocycles. The van der Waals surface area contributed by atoms with Gasteiger partial charge in [0.2, 0.25) is 0 Å². The molecule has 0 bridgehead atoms. The summed E-state index contributed by atoms with van der Waals surface area (Å²) in [4.78, 5) is 16.5. The van der Waals surface area contributed by atoms with E-state index < -0.39 is 4.92 Å². The number of guanidine groups is 1. The number of halogens is 1. The summed E-state index contributed by atoms with van der Waals surface area (Å²) in [5, 5.41) is 14.0. The summed E-state index contributed by atoms with van der Waals surface area (Å²) in [6.07, 6.45) is 0. The van der Waals surface area contributed by atoms with Gasteiger partial charge in [0.05, 0.1) is 4.92 Å². The highest BCUT2D eigenvalue weighted by atomic mass is 19.1. The predicted octanol–water partition coefficient (Wildman–Crippen LogP) is 2.94. The topological polar surface area (TPSA) is 70.8 Å². The van der Waals surface area contributed by atoms with Crippen LogP contribution in [0.3, 0.4) is 0 Å². The molecule has 0 unspecified atom stereocenters. The molecule has 0 spiro atoms. The molecule has 0 radical (unpaired) electrons. The highest BCUT2D eigenvalue weighted by Gasteiger charge is 2.09. The Hall–Kier alpha value is -2.96. The lowest BCUT2D eigenvalue weighted by molar-refractivity contribution is -0.384. The minimum Gasteiger partial charge on any atom is -0.352 e. The summed E-state index contributed by atoms with van der Waals surface area (Å²) in [5.74, 6) is 0.375. The SMILES string of the molecule is CN=C(NCc1cccc([N+](=O)[O-])c1)N(C)Cc1ccc(F)cc1. The Bertz CT molecular complexity index is 732. The fourth-order valence-electron chi connectivity index (χ4n) is 2.28. The van der Waals surface area contributed by atoms with Crippen LogP contribution in [-0.2, 0) is 13.1 Å². The molecule has 0 aliphatic carbocycles. The van der Waals surface area contributed by atoms with E-state index in [4.69, 9.17) is 0 Å². The Morgan fingerprint density at radius 3 is 2.58 bits per heavy atom. The van der Waals surface area contributed by atoms with Crippen molar-refractivity contribution in [3.63, 3.8) is 0 Å². The minimum absolute atomic E-state index is 0.0592. The van der Waals surface area contributed by atoms with Gasteiger partial charge in [0.15, 0.2) is 5.96 Å². The lowest BCUT2D eigenvalue weighted by atomic mass is 10.2. The molecule has 2 aromatic rings. The van der Waals surface area contributed by atoms with Crippen LogP contribution in [0.15, 0.2) is 53.5 Å². The van der Waals surface area contributed by atoms with E-state index in [1.54, 1.807) is 25.2 Å². The smallest absolute Gasteiger partial charge is 0.269 e. The number of nitrogens with zero attached hydrogens (tertiary/aromatic N) is 3. The van der Waals surface area contributed by atoms with E-state index >= 15 is 0 Å². The number of non-ortho nitro benzene ring substituents is 1. The van der Waals surface area contributed by atoms with Gasteiger partial charge in [0, 0.05) is 39.3 Å². The van der Waals surface area contributed by atoms with Crippen LogP contribution in [-0.4, -0.2) is 29.9 Å². The minimum atomic E-state index is -0.418. The zero-order chi connectivity index (χ0) is 17.5. The predicted molar refractivity (Wildman–Crippen MR) is 91.2 cm³/mol. The van der Waals surface area contributed by atoms with Crippen molar-refractivity contribution in [2.24, 2.45) is 4.99 Å². The summed E-state index contributed by atoms with van der Waals surface area (Å²) in [6.45, 7) is 0.983. The van der Waals surface area contributed by atoms with Gasteiger partial charge in [-0.15, -0.1) is 0 Å². The van der Waals surface area contributed by atoms with E-state index in [2.05, 4.69) is 10.3 Å². The summed E-state index contributed by atoms with van der Waals surface area (Å²) >= 11 is 0. The van der Waals surface area contributed by atoms with Crippen LogP contribution >= 0.6 is 0 Å². The number of aliphatic imine (C=N–C) groups is 1. The van der Waals surface area contributed by atoms with Crippen molar-refractivity contribution in [2.75, 3.05) is 14.1 Å². The van der Waals surface area contributed by atoms with Gasteiger partial charge in [-0.1, -0.05) is 24.3 Å². The fourth-order valence-corrected chi connectivity index (χ4v) is 2.28. The highest BCUT2D eigenvalue weighted by molar-refractivity contribution is 5.79. The first-order valence-corrected chi connectivity index (χ1v) is 7.39. The normalized spacial score (nSPS) is 11.2. The summed E-state index contributed by atoms with van der Waals surface area (Å²) in [5.41, 5.74) is 1.81. The molecule has 0 fully saturated rings. The molecule has 0 aliphatic heterocycles. The van der Waals surface area contributed by atoms with Gasteiger partial charge in [-0.25, -0.2) is 4.39 Å². The summed E-state index contributed by atoms with van der Waals surface area (Å²) in [6, 6.07) is 12.7. The average Bonchev–Trinajstić information content (AvgIpc) is 2.57. The largest absolute Gasteiger partial charge is 0.352 e. The molecule has 126 valence electrons. The number of hydrogen-bond donors (Lipinski definition) is 1. The third-order valence-corrected chi connectivity index (χ3v) is 3.48. The van der Waals surface area contributed by atoms with Gasteiger partial charge in [-0.2, -0.15) is 0 Å². The molecule has 0 aliphatic rings. The van der Waals surface area contributed by atoms with Crippen LogP contribution in [0.1, 0.15) is 11.1 Å². The molecule has 6 nitrogen and oxygen atoms in total. The van der Waals surface area contributed by atoms with Gasteiger partial charge < -0.3 is 10.2 Å². The molecular formula is C17H19FN4O2. The number of benzene rings is 2. The lowest BCUT2D eigenvalue weighted by Crippen LogP contribution is -2.38. The molecule has 1 N–H and O–H groups in total. The van der Waals surface area contributed by atoms with E-state index in [0.29, 0.717) is 19.0 Å². The molecule has 0 aromatic heterocycles. The summed E-state index contributed by atoms with van der Waals surface area (Å²) in [7, 11) is 3.53. The Kier molecular flexibility index (Phi) is 5.83. The standard InChI is InChI=1S/C17H19FN4O2/c1-19-17(21(2)12-13-6-8-15(18)9-7-13)20-11-14-4-3-5-16(10-14)22(23)24/h3-10H,11-12H2,1-2H3,(H,19,20). The maximum atomic E-state index is 12.9. The van der Waals surface area contributed by atoms with Crippen LogP contribution in [0.5, 0.6) is 0 Å². The fraction of sp³-hybridized carbons (Fsp3) is 0.235. The third-order valence-electron chi connectivity index (χ3n) is 3.48. The van der Waals surface area contributed by atoms with Crippen molar-refractivity contribution in [1.82, 2.24) is 10.2 Å². The van der Waals surface area contributed by atoms with Crippen molar-refractivity contribution in [3.05, 3.63) is 75.6 Å². The van der Waals surface area contributed by atoms with Crippen LogP contribution in [0.2, 0.25) is 0 Å². The number of rotatable bonds is 5. The maximum Gasteiger partial charge on any atom is 0.269 e. The average molecular weight is 330 g/mol. The van der Waals surface area contributed by atoms with Crippen LogP contribution in [0.25, 0.3) is 0 Å². The molecule has 0 heterocycles. The Balaban J connectivity index is 1.97. The van der Waals surface area contributed by atoms with Gasteiger partial charge in [-0.05, 0) is 23.3 Å². The Morgan fingerprint density at radius 1 is 1.25 bits per heavy atom. The van der Waals surface area contributed by atoms with Crippen molar-refractivity contribution in [3.8, 4) is 0 Å². The first-order valence-electron chi connectivity index (χ1n) is 7.39. The van der Waals surface area contributed by atoms with Crippen LogP contribution in [0, 0.1) is 15.9 Å². The number of nitro benzene ring substituents is 1. The first kappa shape index (κ1) is 17.4. The van der Waals surface area contributed by atoms with Crippen molar-refractivity contribution in [1.29, 1.82) is 0 Å². The molecule has 24 heavy (non-hydrogen) atoms. The molecule has 0 saturated heterocycles. The second-order valence-corrected chi connectivity index (χ2v) is 5.31. The van der Waals surface area contributed by atoms with Crippen LogP contribution < -0.4 is 5.32 Å². The van der Waals surface area contributed by atoms with Crippen LogP contribution in [0.4, 0.5) is 10.1 Å². The van der Waals surface area contributed by atoms with E-state index in [1.165, 1.54) is 24.3 Å². The number of nitro groups is 1. The molecule has 0 atom stereocenters. The number of hydrogen-bond acceptors (Lipinski definition) is 3. The third kappa shape index (κ3) is 4.77. The zero-order valence-electron chi connectivity index (χ0n) is 13.6. The van der Waals surface area contributed by atoms with Gasteiger partial charge in [0.25, 0.3) is 5.69 Å². The van der Waals surface area contributed by atoms with Crippen molar-refractivity contribution < 1.29 is 9.31 Å². The van der Waals surface area contributed by atoms with E-state index in [9.17, 15) is 14.5 Å². The Morgan fingerprint density at radius 2 is 1.96 bits per heavy atom. The lowest BCUT2D eigenvalue weighted by Gasteiger charge is -2.22. The van der Waals surface area contributed by atoms with Crippen molar-refractivity contribution in [2.45, 2.75) is 13.1 Å². The Labute approximate surface area is 139 Å². The monoisotopic (exact) mass is 330 g/mol. The van der Waals surface area contributed by atoms with Gasteiger partial charge in [0.1, 0.15) is 5.82 Å². The number of nitrogens with one attached hydrogen (secondary N) is 1. The molecule has 7 heteroatoms. The summed E-state index contributed by atoms with van der Waals surface area (Å²) < 4.78 is 12.9. The maximum absolute atomic E-state index is 12.9. The zero-order valence-corrected chi connectivity index (χ0v) is 13.6. The molecule has 0 saturated carbocycles. The second-order valence-electron chi connectivity index (χ2n) is 5.31. The first-order chi connectivity index (χ1) is 11.5. The molecular weight excluding hydrogens is 311 g/mol. The van der Waals surface area contributed by atoms with Gasteiger partial charge >= 0.3 is 0 Å². The van der Waals surface area contributed by atoms with E-state index in [-0.39, 0.29) is 11.5 Å². The van der Waals surface area contributed by atoms with Crippen molar-refractivity contribution >= 4 is 11.6 Å². The van der Waals surface area contributed by atoms with E-state index in [0.717, 1.165) is 11.1 Å². The quantitative estimate of drug-likeness (QED) is 0.396.